The molecule has 1 aromatic rings. The van der Waals surface area contributed by atoms with Crippen LogP contribution in [0.25, 0.3) is 0 Å². The Morgan fingerprint density at radius 2 is 2.10 bits per heavy atom. The minimum atomic E-state index is -0.553. The van der Waals surface area contributed by atoms with Gasteiger partial charge < -0.3 is 26.3 Å². The maximum absolute atomic E-state index is 12.0. The molecule has 0 aliphatic heterocycles. The summed E-state index contributed by atoms with van der Waals surface area (Å²) in [5.74, 6) is -0.473. The molecule has 0 aromatic heterocycles. The topological polar surface area (TPSA) is 117 Å². The summed E-state index contributed by atoms with van der Waals surface area (Å²) in [4.78, 5) is 22.5. The van der Waals surface area contributed by atoms with Crippen molar-refractivity contribution in [1.29, 1.82) is 0 Å². The van der Waals surface area contributed by atoms with E-state index in [4.69, 9.17) is 20.9 Å². The van der Waals surface area contributed by atoms with Crippen molar-refractivity contribution in [2.45, 2.75) is 6.92 Å². The Hall–Kier alpha value is -2.28. The van der Waals surface area contributed by atoms with Gasteiger partial charge in [-0.25, -0.2) is 0 Å². The number of hydrogen-bond donors (Lipinski definition) is 3. The molecule has 0 saturated heterocycles. The molecule has 20 heavy (non-hydrogen) atoms. The number of hydrogen-bond acceptors (Lipinski definition) is 5. The van der Waals surface area contributed by atoms with Crippen molar-refractivity contribution in [2.24, 2.45) is 5.73 Å². The maximum atomic E-state index is 12.0. The zero-order valence-electron chi connectivity index (χ0n) is 11.3. The first kappa shape index (κ1) is 15.8. The summed E-state index contributed by atoms with van der Waals surface area (Å²) in [7, 11) is 0. The molecule has 0 bridgehead atoms. The van der Waals surface area contributed by atoms with Crippen LogP contribution in [0.5, 0.6) is 5.75 Å². The van der Waals surface area contributed by atoms with E-state index in [0.717, 1.165) is 0 Å². The van der Waals surface area contributed by atoms with Crippen molar-refractivity contribution < 1.29 is 19.1 Å². The van der Waals surface area contributed by atoms with Gasteiger partial charge in [0, 0.05) is 12.2 Å². The van der Waals surface area contributed by atoms with Gasteiger partial charge in [-0.05, 0) is 19.1 Å². The lowest BCUT2D eigenvalue weighted by Crippen LogP contribution is -2.29. The van der Waals surface area contributed by atoms with Crippen LogP contribution in [0.2, 0.25) is 0 Å². The maximum Gasteiger partial charge on any atom is 0.257 e. The van der Waals surface area contributed by atoms with E-state index < -0.39 is 5.91 Å². The van der Waals surface area contributed by atoms with Gasteiger partial charge in [0.2, 0.25) is 5.91 Å². The first-order valence-corrected chi connectivity index (χ1v) is 6.21. The predicted octanol–water partition coefficient (Wildman–Crippen LogP) is -0.101. The molecular formula is C13H19N3O4. The van der Waals surface area contributed by atoms with Gasteiger partial charge in [-0.1, -0.05) is 6.07 Å². The van der Waals surface area contributed by atoms with E-state index in [9.17, 15) is 9.59 Å². The average Bonchev–Trinajstić information content (AvgIpc) is 2.38. The molecule has 2 amide bonds. The Balaban J connectivity index is 2.56. The molecule has 0 spiro atoms. The number of rotatable bonds is 8. The first-order chi connectivity index (χ1) is 9.56. The smallest absolute Gasteiger partial charge is 0.257 e. The molecule has 110 valence electrons. The van der Waals surface area contributed by atoms with E-state index in [1.54, 1.807) is 18.2 Å². The fraction of sp³-hybridized carbons (Fsp3) is 0.385. The number of ether oxygens (including phenoxy) is 2. The van der Waals surface area contributed by atoms with Crippen molar-refractivity contribution in [3.8, 4) is 5.75 Å². The molecule has 0 fully saturated rings. The Bertz CT molecular complexity index is 477. The van der Waals surface area contributed by atoms with Crippen LogP contribution in [0.15, 0.2) is 18.2 Å². The van der Waals surface area contributed by atoms with E-state index in [0.29, 0.717) is 23.6 Å². The van der Waals surface area contributed by atoms with Gasteiger partial charge in [0.1, 0.15) is 17.9 Å². The number of anilines is 1. The number of carbonyl (C=O) groups is 2. The molecule has 7 heteroatoms. The molecule has 0 aliphatic rings. The highest BCUT2D eigenvalue weighted by Crippen LogP contribution is 2.24. The molecule has 7 nitrogen and oxygen atoms in total. The Labute approximate surface area is 117 Å². The minimum Gasteiger partial charge on any atom is -0.493 e. The van der Waals surface area contributed by atoms with Crippen LogP contribution < -0.4 is 21.5 Å². The second kappa shape index (κ2) is 8.00. The SMILES string of the molecule is CCOc1cccc(N)c1C(=O)NCCOCC(N)=O. The van der Waals surface area contributed by atoms with Crippen molar-refractivity contribution in [1.82, 2.24) is 5.32 Å². The average molecular weight is 281 g/mol. The highest BCUT2D eigenvalue weighted by atomic mass is 16.5. The fourth-order valence-electron chi connectivity index (χ4n) is 1.56. The lowest BCUT2D eigenvalue weighted by atomic mass is 10.1. The highest BCUT2D eigenvalue weighted by Gasteiger charge is 2.15. The molecule has 0 unspecified atom stereocenters. The van der Waals surface area contributed by atoms with Crippen LogP contribution >= 0.6 is 0 Å². The summed E-state index contributed by atoms with van der Waals surface area (Å²) < 4.78 is 10.3. The summed E-state index contributed by atoms with van der Waals surface area (Å²) in [6, 6.07) is 5.02. The lowest BCUT2D eigenvalue weighted by molar-refractivity contribution is -0.122. The van der Waals surface area contributed by atoms with Gasteiger partial charge in [-0.2, -0.15) is 0 Å². The molecule has 1 aromatic carbocycles. The van der Waals surface area contributed by atoms with Crippen LogP contribution in [0.1, 0.15) is 17.3 Å². The standard InChI is InChI=1S/C13H19N3O4/c1-2-20-10-5-3-4-9(14)12(10)13(18)16-6-7-19-8-11(15)17/h3-5H,2,6-8,14H2,1H3,(H2,15,17)(H,16,18). The Morgan fingerprint density at radius 3 is 2.75 bits per heavy atom. The van der Waals surface area contributed by atoms with Gasteiger partial charge >= 0.3 is 0 Å². The molecule has 0 atom stereocenters. The quantitative estimate of drug-likeness (QED) is 0.454. The molecule has 5 N–H and O–H groups in total. The second-order valence-corrected chi connectivity index (χ2v) is 3.93. The van der Waals surface area contributed by atoms with Gasteiger partial charge in [-0.3, -0.25) is 9.59 Å². The molecular weight excluding hydrogens is 262 g/mol. The number of benzene rings is 1. The summed E-state index contributed by atoms with van der Waals surface area (Å²) in [5.41, 5.74) is 11.3. The fourth-order valence-corrected chi connectivity index (χ4v) is 1.56. The zero-order chi connectivity index (χ0) is 15.0. The van der Waals surface area contributed by atoms with Crippen LogP contribution in [0.4, 0.5) is 5.69 Å². The van der Waals surface area contributed by atoms with Gasteiger partial charge in [0.15, 0.2) is 0 Å². The number of carbonyl (C=O) groups excluding carboxylic acids is 2. The Kier molecular flexibility index (Phi) is 6.31. The summed E-state index contributed by atoms with van der Waals surface area (Å²) in [6.07, 6.45) is 0. The van der Waals surface area contributed by atoms with Crippen LogP contribution in [0, 0.1) is 0 Å². The van der Waals surface area contributed by atoms with E-state index in [1.165, 1.54) is 0 Å². The number of primary amides is 1. The number of nitrogens with one attached hydrogen (secondary N) is 1. The molecule has 0 radical (unpaired) electrons. The van der Waals surface area contributed by atoms with E-state index >= 15 is 0 Å². The van der Waals surface area contributed by atoms with Gasteiger partial charge in [0.05, 0.1) is 13.2 Å². The summed E-state index contributed by atoms with van der Waals surface area (Å²) in [6.45, 7) is 2.51. The third kappa shape index (κ3) is 4.77. The largest absolute Gasteiger partial charge is 0.493 e. The van der Waals surface area contributed by atoms with Crippen molar-refractivity contribution >= 4 is 17.5 Å². The summed E-state index contributed by atoms with van der Waals surface area (Å²) in [5, 5.41) is 2.64. The van der Waals surface area contributed by atoms with Gasteiger partial charge in [-0.15, -0.1) is 0 Å². The number of amides is 2. The van der Waals surface area contributed by atoms with Crippen LogP contribution in [-0.2, 0) is 9.53 Å². The van der Waals surface area contributed by atoms with Gasteiger partial charge in [0.25, 0.3) is 5.91 Å². The first-order valence-electron chi connectivity index (χ1n) is 6.21. The third-order valence-corrected chi connectivity index (χ3v) is 2.36. The van der Waals surface area contributed by atoms with Crippen molar-refractivity contribution in [3.05, 3.63) is 23.8 Å². The van der Waals surface area contributed by atoms with Crippen LogP contribution in [0.3, 0.4) is 0 Å². The van der Waals surface area contributed by atoms with E-state index in [2.05, 4.69) is 5.32 Å². The number of nitrogens with two attached hydrogens (primary N) is 2. The molecule has 1 rings (SSSR count). The number of nitrogen functional groups attached to an aromatic ring is 1. The monoisotopic (exact) mass is 281 g/mol. The van der Waals surface area contributed by atoms with Crippen molar-refractivity contribution in [2.75, 3.05) is 32.1 Å². The molecule has 0 saturated carbocycles. The lowest BCUT2D eigenvalue weighted by Gasteiger charge is -2.12. The predicted molar refractivity (Wildman–Crippen MR) is 74.4 cm³/mol. The van der Waals surface area contributed by atoms with Crippen molar-refractivity contribution in [3.63, 3.8) is 0 Å². The minimum absolute atomic E-state index is 0.173. The Morgan fingerprint density at radius 1 is 1.35 bits per heavy atom. The second-order valence-electron chi connectivity index (χ2n) is 3.93. The van der Waals surface area contributed by atoms with E-state index in [1.807, 2.05) is 6.92 Å². The molecule has 0 heterocycles. The third-order valence-electron chi connectivity index (χ3n) is 2.36. The normalized spacial score (nSPS) is 10.1. The van der Waals surface area contributed by atoms with Crippen LogP contribution in [-0.4, -0.2) is 38.2 Å². The highest BCUT2D eigenvalue weighted by molar-refractivity contribution is 6.01. The zero-order valence-corrected chi connectivity index (χ0v) is 11.3. The summed E-state index contributed by atoms with van der Waals surface area (Å²) >= 11 is 0. The molecule has 0 aliphatic carbocycles. The van der Waals surface area contributed by atoms with E-state index in [-0.39, 0.29) is 25.7 Å².